The number of rotatable bonds is 5. The Hall–Kier alpha value is -2.08. The summed E-state index contributed by atoms with van der Waals surface area (Å²) in [6, 6.07) is 7.26. The molecule has 3 N–H and O–H groups in total. The normalized spacial score (nSPS) is 21.7. The SMILES string of the molecule is CCOc1ccc(C2=NOC(CN)(C(=O)O)C2)cc1. The molecule has 2 rings (SSSR count). The van der Waals surface area contributed by atoms with Crippen molar-refractivity contribution in [1.29, 1.82) is 0 Å². The number of ether oxygens (including phenoxy) is 1. The van der Waals surface area contributed by atoms with Gasteiger partial charge in [0.25, 0.3) is 5.60 Å². The zero-order valence-electron chi connectivity index (χ0n) is 10.6. The molecule has 0 fully saturated rings. The van der Waals surface area contributed by atoms with E-state index in [1.807, 2.05) is 31.2 Å². The van der Waals surface area contributed by atoms with E-state index in [0.717, 1.165) is 11.3 Å². The summed E-state index contributed by atoms with van der Waals surface area (Å²) in [5, 5.41) is 13.0. The molecule has 1 atom stereocenters. The summed E-state index contributed by atoms with van der Waals surface area (Å²) in [7, 11) is 0. The summed E-state index contributed by atoms with van der Waals surface area (Å²) in [5.41, 5.74) is 5.42. The highest BCUT2D eigenvalue weighted by Crippen LogP contribution is 2.27. The van der Waals surface area contributed by atoms with Crippen LogP contribution in [0.3, 0.4) is 0 Å². The Morgan fingerprint density at radius 1 is 1.53 bits per heavy atom. The third-order valence-corrected chi connectivity index (χ3v) is 3.00. The first-order valence-corrected chi connectivity index (χ1v) is 6.03. The number of carboxylic acid groups (broad SMARTS) is 1. The number of benzene rings is 1. The highest BCUT2D eigenvalue weighted by molar-refractivity contribution is 6.04. The van der Waals surface area contributed by atoms with Gasteiger partial charge in [0, 0.05) is 13.0 Å². The molecule has 0 bridgehead atoms. The molecular formula is C13H16N2O4. The summed E-state index contributed by atoms with van der Waals surface area (Å²) < 4.78 is 5.34. The lowest BCUT2D eigenvalue weighted by Crippen LogP contribution is -2.45. The number of aliphatic carboxylic acids is 1. The summed E-state index contributed by atoms with van der Waals surface area (Å²) in [6.07, 6.45) is 0.160. The van der Waals surface area contributed by atoms with Crippen molar-refractivity contribution in [1.82, 2.24) is 0 Å². The fourth-order valence-corrected chi connectivity index (χ4v) is 1.85. The van der Waals surface area contributed by atoms with Gasteiger partial charge in [-0.1, -0.05) is 5.16 Å². The van der Waals surface area contributed by atoms with Crippen LogP contribution in [0.25, 0.3) is 0 Å². The predicted molar refractivity (Wildman–Crippen MR) is 69.3 cm³/mol. The predicted octanol–water partition coefficient (Wildman–Crippen LogP) is 0.992. The first-order chi connectivity index (χ1) is 9.11. The van der Waals surface area contributed by atoms with Gasteiger partial charge in [0.2, 0.25) is 0 Å². The van der Waals surface area contributed by atoms with Crippen LogP contribution in [-0.2, 0) is 9.63 Å². The molecular weight excluding hydrogens is 248 g/mol. The van der Waals surface area contributed by atoms with Crippen molar-refractivity contribution < 1.29 is 19.5 Å². The highest BCUT2D eigenvalue weighted by atomic mass is 16.7. The van der Waals surface area contributed by atoms with Gasteiger partial charge in [-0.3, -0.25) is 0 Å². The Balaban J connectivity index is 2.14. The summed E-state index contributed by atoms with van der Waals surface area (Å²) in [4.78, 5) is 16.2. The summed E-state index contributed by atoms with van der Waals surface area (Å²) in [5.74, 6) is -0.339. The molecule has 6 heteroatoms. The molecule has 0 amide bonds. The Kier molecular flexibility index (Phi) is 3.71. The second kappa shape index (κ2) is 5.27. The zero-order valence-corrected chi connectivity index (χ0v) is 10.6. The van der Waals surface area contributed by atoms with Crippen LogP contribution < -0.4 is 10.5 Å². The van der Waals surface area contributed by atoms with E-state index >= 15 is 0 Å². The van der Waals surface area contributed by atoms with Crippen molar-refractivity contribution >= 4 is 11.7 Å². The fraction of sp³-hybridized carbons (Fsp3) is 0.385. The van der Waals surface area contributed by atoms with Crippen molar-refractivity contribution in [2.75, 3.05) is 13.2 Å². The standard InChI is InChI=1S/C13H16N2O4/c1-2-18-10-5-3-9(4-6-10)11-7-13(8-14,12(16)17)19-15-11/h3-6H,2,7-8,14H2,1H3,(H,16,17). The monoisotopic (exact) mass is 264 g/mol. The third-order valence-electron chi connectivity index (χ3n) is 3.00. The first-order valence-electron chi connectivity index (χ1n) is 6.03. The number of hydrogen-bond acceptors (Lipinski definition) is 5. The second-order valence-electron chi connectivity index (χ2n) is 4.27. The second-order valence-corrected chi connectivity index (χ2v) is 4.27. The minimum atomic E-state index is -1.44. The molecule has 1 aromatic carbocycles. The molecule has 1 aromatic rings. The molecule has 0 spiro atoms. The van der Waals surface area contributed by atoms with E-state index < -0.39 is 11.6 Å². The van der Waals surface area contributed by atoms with Gasteiger partial charge < -0.3 is 20.4 Å². The lowest BCUT2D eigenvalue weighted by atomic mass is 9.94. The van der Waals surface area contributed by atoms with Crippen molar-refractivity contribution in [3.63, 3.8) is 0 Å². The van der Waals surface area contributed by atoms with E-state index in [4.69, 9.17) is 20.4 Å². The van der Waals surface area contributed by atoms with Gasteiger partial charge in [-0.25, -0.2) is 4.79 Å². The van der Waals surface area contributed by atoms with E-state index in [1.54, 1.807) is 0 Å². The van der Waals surface area contributed by atoms with E-state index in [1.165, 1.54) is 0 Å². The largest absolute Gasteiger partial charge is 0.494 e. The molecule has 1 aliphatic heterocycles. The lowest BCUT2D eigenvalue weighted by molar-refractivity contribution is -0.161. The molecule has 0 aromatic heterocycles. The minimum absolute atomic E-state index is 0.119. The number of hydrogen-bond donors (Lipinski definition) is 2. The molecule has 0 saturated heterocycles. The molecule has 1 unspecified atom stereocenters. The number of carboxylic acids is 1. The van der Waals surface area contributed by atoms with Crippen LogP contribution in [-0.4, -0.2) is 35.5 Å². The molecule has 1 heterocycles. The molecule has 102 valence electrons. The lowest BCUT2D eigenvalue weighted by Gasteiger charge is -2.18. The number of nitrogens with zero attached hydrogens (tertiary/aromatic N) is 1. The Morgan fingerprint density at radius 2 is 2.21 bits per heavy atom. The topological polar surface area (TPSA) is 94.1 Å². The molecule has 19 heavy (non-hydrogen) atoms. The summed E-state index contributed by atoms with van der Waals surface area (Å²) >= 11 is 0. The fourth-order valence-electron chi connectivity index (χ4n) is 1.85. The van der Waals surface area contributed by atoms with E-state index in [2.05, 4.69) is 5.16 Å². The Labute approximate surface area is 110 Å². The Morgan fingerprint density at radius 3 is 2.68 bits per heavy atom. The van der Waals surface area contributed by atoms with E-state index in [0.29, 0.717) is 12.3 Å². The van der Waals surface area contributed by atoms with Crippen LogP contribution in [0.2, 0.25) is 0 Å². The van der Waals surface area contributed by atoms with Crippen molar-refractivity contribution in [3.8, 4) is 5.75 Å². The van der Waals surface area contributed by atoms with E-state index in [9.17, 15) is 4.79 Å². The third kappa shape index (κ3) is 2.53. The van der Waals surface area contributed by atoms with Crippen LogP contribution in [0.5, 0.6) is 5.75 Å². The van der Waals surface area contributed by atoms with Crippen LogP contribution >= 0.6 is 0 Å². The van der Waals surface area contributed by atoms with Gasteiger partial charge in [-0.15, -0.1) is 0 Å². The van der Waals surface area contributed by atoms with Crippen LogP contribution in [0.1, 0.15) is 18.9 Å². The molecule has 0 radical (unpaired) electrons. The average molecular weight is 264 g/mol. The van der Waals surface area contributed by atoms with Crippen molar-refractivity contribution in [3.05, 3.63) is 29.8 Å². The summed E-state index contributed by atoms with van der Waals surface area (Å²) in [6.45, 7) is 2.39. The maximum absolute atomic E-state index is 11.2. The quantitative estimate of drug-likeness (QED) is 0.827. The van der Waals surface area contributed by atoms with Crippen molar-refractivity contribution in [2.45, 2.75) is 18.9 Å². The van der Waals surface area contributed by atoms with Crippen molar-refractivity contribution in [2.24, 2.45) is 10.9 Å². The van der Waals surface area contributed by atoms with Gasteiger partial charge in [0.15, 0.2) is 0 Å². The smallest absolute Gasteiger partial charge is 0.352 e. The number of carbonyl (C=O) groups is 1. The van der Waals surface area contributed by atoms with Gasteiger partial charge in [0.1, 0.15) is 5.75 Å². The van der Waals surface area contributed by atoms with E-state index in [-0.39, 0.29) is 13.0 Å². The minimum Gasteiger partial charge on any atom is -0.494 e. The molecule has 6 nitrogen and oxygen atoms in total. The molecule has 1 aliphatic rings. The van der Waals surface area contributed by atoms with Gasteiger partial charge >= 0.3 is 5.97 Å². The molecule has 0 saturated carbocycles. The highest BCUT2D eigenvalue weighted by Gasteiger charge is 2.46. The maximum Gasteiger partial charge on any atom is 0.352 e. The Bertz CT molecular complexity index is 498. The number of nitrogens with two attached hydrogens (primary N) is 1. The van der Waals surface area contributed by atoms with Crippen LogP contribution in [0.15, 0.2) is 29.4 Å². The zero-order chi connectivity index (χ0) is 13.9. The van der Waals surface area contributed by atoms with Crippen LogP contribution in [0.4, 0.5) is 0 Å². The average Bonchev–Trinajstić information content (AvgIpc) is 2.86. The molecule has 0 aliphatic carbocycles. The first kappa shape index (κ1) is 13.4. The van der Waals surface area contributed by atoms with Crippen LogP contribution in [0, 0.1) is 0 Å². The van der Waals surface area contributed by atoms with Gasteiger partial charge in [-0.2, -0.15) is 0 Å². The van der Waals surface area contributed by atoms with Gasteiger partial charge in [0.05, 0.1) is 12.3 Å². The number of oxime groups is 1. The maximum atomic E-state index is 11.2. The van der Waals surface area contributed by atoms with Gasteiger partial charge in [-0.05, 0) is 36.8 Å².